The van der Waals surface area contributed by atoms with Crippen LogP contribution in [0, 0.1) is 4.77 Å². The van der Waals surface area contributed by atoms with Crippen molar-refractivity contribution in [1.29, 1.82) is 0 Å². The summed E-state index contributed by atoms with van der Waals surface area (Å²) in [4.78, 5) is 4.12. The monoisotopic (exact) mass is 233 g/mol. The van der Waals surface area contributed by atoms with Crippen LogP contribution in [-0.2, 0) is 16.9 Å². The lowest BCUT2D eigenvalue weighted by atomic mass is 10.1. The highest BCUT2D eigenvalue weighted by Crippen LogP contribution is 2.25. The summed E-state index contributed by atoms with van der Waals surface area (Å²) < 4.78 is 24.5. The zero-order chi connectivity index (χ0) is 10.3. The van der Waals surface area contributed by atoms with Gasteiger partial charge in [0.05, 0.1) is 11.5 Å². The molecule has 5 nitrogen and oxygen atoms in total. The van der Waals surface area contributed by atoms with Crippen molar-refractivity contribution < 1.29 is 8.42 Å². The van der Waals surface area contributed by atoms with Crippen molar-refractivity contribution in [1.82, 2.24) is 14.8 Å². The minimum Gasteiger partial charge on any atom is -0.283 e. The molecule has 0 spiro atoms. The number of H-pyrrole nitrogens is 1. The average Bonchev–Trinajstić information content (AvgIpc) is 2.57. The molecule has 1 aromatic rings. The third-order valence-corrected chi connectivity index (χ3v) is 4.54. The number of nitrogens with zero attached hydrogens (tertiary/aromatic N) is 2. The Kier molecular flexibility index (Phi) is 2.23. The summed E-state index contributed by atoms with van der Waals surface area (Å²) in [6.07, 6.45) is 0.643. The van der Waals surface area contributed by atoms with Crippen LogP contribution < -0.4 is 0 Å². The maximum absolute atomic E-state index is 11.2. The lowest BCUT2D eigenvalue weighted by molar-refractivity contribution is 0.600. The topological polar surface area (TPSA) is 67.8 Å². The number of sulfone groups is 1. The Balaban J connectivity index is 2.30. The second kappa shape index (κ2) is 3.16. The first-order valence-electron chi connectivity index (χ1n) is 4.31. The van der Waals surface area contributed by atoms with Gasteiger partial charge in [0.1, 0.15) is 5.82 Å². The molecule has 1 aliphatic rings. The molecule has 78 valence electrons. The second-order valence-corrected chi connectivity index (χ2v) is 6.14. The number of rotatable bonds is 1. The van der Waals surface area contributed by atoms with E-state index in [0.717, 1.165) is 0 Å². The fraction of sp³-hybridized carbons (Fsp3) is 0.714. The van der Waals surface area contributed by atoms with E-state index >= 15 is 0 Å². The summed E-state index contributed by atoms with van der Waals surface area (Å²) in [5.74, 6) is 1.13. The summed E-state index contributed by atoms with van der Waals surface area (Å²) >= 11 is 4.94. The summed E-state index contributed by atoms with van der Waals surface area (Å²) in [5, 5.41) is 2.96. The Morgan fingerprint density at radius 3 is 2.79 bits per heavy atom. The van der Waals surface area contributed by atoms with Crippen LogP contribution in [0.2, 0.25) is 0 Å². The van der Waals surface area contributed by atoms with Crippen LogP contribution in [0.5, 0.6) is 0 Å². The highest BCUT2D eigenvalue weighted by atomic mass is 32.2. The molecule has 0 amide bonds. The van der Waals surface area contributed by atoms with Gasteiger partial charge in [-0.05, 0) is 18.6 Å². The molecule has 14 heavy (non-hydrogen) atoms. The van der Waals surface area contributed by atoms with Crippen LogP contribution in [0.1, 0.15) is 18.2 Å². The van der Waals surface area contributed by atoms with Crippen LogP contribution in [0.3, 0.4) is 0 Å². The minimum absolute atomic E-state index is 0.0112. The molecule has 0 saturated carbocycles. The van der Waals surface area contributed by atoms with Crippen LogP contribution in [0.15, 0.2) is 0 Å². The van der Waals surface area contributed by atoms with E-state index in [2.05, 4.69) is 10.1 Å². The van der Waals surface area contributed by atoms with E-state index < -0.39 is 9.84 Å². The minimum atomic E-state index is -2.85. The molecule has 1 saturated heterocycles. The van der Waals surface area contributed by atoms with E-state index in [1.165, 1.54) is 0 Å². The SMILES string of the molecule is Cn1[nH]c(C2CCS(=O)(=O)C2)nc1=S. The molecule has 0 radical (unpaired) electrons. The largest absolute Gasteiger partial charge is 0.283 e. The number of hydrogen-bond donors (Lipinski definition) is 1. The Morgan fingerprint density at radius 2 is 2.36 bits per heavy atom. The molecule has 2 rings (SSSR count). The van der Waals surface area contributed by atoms with Gasteiger partial charge in [-0.2, -0.15) is 0 Å². The van der Waals surface area contributed by atoms with Crippen molar-refractivity contribution in [2.24, 2.45) is 7.05 Å². The van der Waals surface area contributed by atoms with Gasteiger partial charge in [0.2, 0.25) is 4.77 Å². The van der Waals surface area contributed by atoms with Gasteiger partial charge in [-0.3, -0.25) is 9.78 Å². The molecule has 7 heteroatoms. The molecule has 0 aliphatic carbocycles. The second-order valence-electron chi connectivity index (χ2n) is 3.55. The fourth-order valence-corrected chi connectivity index (χ4v) is 3.51. The van der Waals surface area contributed by atoms with Gasteiger partial charge in [-0.1, -0.05) is 0 Å². The molecule has 1 fully saturated rings. The lowest BCUT2D eigenvalue weighted by Crippen LogP contribution is -2.05. The third-order valence-electron chi connectivity index (χ3n) is 2.40. The fourth-order valence-electron chi connectivity index (χ4n) is 1.62. The van der Waals surface area contributed by atoms with Gasteiger partial charge in [0.15, 0.2) is 9.84 Å². The molecule has 1 atom stereocenters. The van der Waals surface area contributed by atoms with Gasteiger partial charge in [0, 0.05) is 13.0 Å². The van der Waals surface area contributed by atoms with Crippen molar-refractivity contribution in [3.05, 3.63) is 10.6 Å². The number of aryl methyl sites for hydroxylation is 1. The highest BCUT2D eigenvalue weighted by Gasteiger charge is 2.30. The van der Waals surface area contributed by atoms with Crippen LogP contribution >= 0.6 is 12.2 Å². The Bertz CT molecular complexity index is 499. The Morgan fingerprint density at radius 1 is 1.64 bits per heavy atom. The van der Waals surface area contributed by atoms with E-state index in [1.54, 1.807) is 11.7 Å². The summed E-state index contributed by atoms with van der Waals surface area (Å²) in [5.41, 5.74) is 0. The van der Waals surface area contributed by atoms with Crippen molar-refractivity contribution >= 4 is 22.1 Å². The Hall–Kier alpha value is -0.690. The van der Waals surface area contributed by atoms with Crippen molar-refractivity contribution in [2.75, 3.05) is 11.5 Å². The first-order valence-corrected chi connectivity index (χ1v) is 6.54. The molecule has 1 aliphatic heterocycles. The van der Waals surface area contributed by atoms with E-state index in [-0.39, 0.29) is 17.4 Å². The summed E-state index contributed by atoms with van der Waals surface area (Å²) in [6, 6.07) is 0. The quantitative estimate of drug-likeness (QED) is 0.712. The van der Waals surface area contributed by atoms with Gasteiger partial charge in [-0.25, -0.2) is 13.4 Å². The predicted molar refractivity (Wildman–Crippen MR) is 54.4 cm³/mol. The standard InChI is InChI=1S/C7H11N3O2S2/c1-10-7(13)8-6(9-10)5-2-3-14(11,12)4-5/h5H,2-4H2,1H3,(H,8,9,13). The smallest absolute Gasteiger partial charge is 0.215 e. The summed E-state index contributed by atoms with van der Waals surface area (Å²) in [6.45, 7) is 0. The number of aromatic amines is 1. The molecule has 1 N–H and O–H groups in total. The number of nitrogens with one attached hydrogen (secondary N) is 1. The first kappa shape index (κ1) is 9.85. The highest BCUT2D eigenvalue weighted by molar-refractivity contribution is 7.91. The van der Waals surface area contributed by atoms with E-state index in [0.29, 0.717) is 17.0 Å². The van der Waals surface area contributed by atoms with E-state index in [1.807, 2.05) is 0 Å². The third kappa shape index (κ3) is 1.74. The van der Waals surface area contributed by atoms with Crippen molar-refractivity contribution in [2.45, 2.75) is 12.3 Å². The zero-order valence-electron chi connectivity index (χ0n) is 7.73. The molecule has 1 unspecified atom stereocenters. The van der Waals surface area contributed by atoms with Gasteiger partial charge in [0.25, 0.3) is 0 Å². The van der Waals surface area contributed by atoms with Crippen LogP contribution in [-0.4, -0.2) is 34.7 Å². The van der Waals surface area contributed by atoms with Crippen LogP contribution in [0.4, 0.5) is 0 Å². The maximum atomic E-state index is 11.2. The summed E-state index contributed by atoms with van der Waals surface area (Å²) in [7, 11) is -1.08. The van der Waals surface area contributed by atoms with Crippen molar-refractivity contribution in [3.63, 3.8) is 0 Å². The molecule has 0 bridgehead atoms. The van der Waals surface area contributed by atoms with E-state index in [4.69, 9.17) is 12.2 Å². The van der Waals surface area contributed by atoms with Gasteiger partial charge < -0.3 is 0 Å². The van der Waals surface area contributed by atoms with Crippen LogP contribution in [0.25, 0.3) is 0 Å². The molecule has 1 aromatic heterocycles. The zero-order valence-corrected chi connectivity index (χ0v) is 9.36. The molecule has 2 heterocycles. The van der Waals surface area contributed by atoms with E-state index in [9.17, 15) is 8.42 Å². The first-order chi connectivity index (χ1) is 6.48. The average molecular weight is 233 g/mol. The Labute approximate surface area is 87.1 Å². The molecular weight excluding hydrogens is 222 g/mol. The normalized spacial score (nSPS) is 25.4. The number of aromatic nitrogens is 3. The molecular formula is C7H11N3O2S2. The van der Waals surface area contributed by atoms with Crippen molar-refractivity contribution in [3.8, 4) is 0 Å². The number of hydrogen-bond acceptors (Lipinski definition) is 4. The molecule has 0 aromatic carbocycles. The maximum Gasteiger partial charge on any atom is 0.215 e. The predicted octanol–water partition coefficient (Wildman–Crippen LogP) is 0.380. The van der Waals surface area contributed by atoms with Gasteiger partial charge >= 0.3 is 0 Å². The van der Waals surface area contributed by atoms with Gasteiger partial charge in [-0.15, -0.1) is 0 Å². The lowest BCUT2D eigenvalue weighted by Gasteiger charge is -2.00.